The summed E-state index contributed by atoms with van der Waals surface area (Å²) in [6, 6.07) is 9.30. The van der Waals surface area contributed by atoms with Gasteiger partial charge in [-0.1, -0.05) is 12.1 Å². The fourth-order valence-electron chi connectivity index (χ4n) is 3.13. The van der Waals surface area contributed by atoms with E-state index in [0.29, 0.717) is 6.04 Å². The minimum Gasteiger partial charge on any atom is -0.382 e. The summed E-state index contributed by atoms with van der Waals surface area (Å²) in [7, 11) is -0.573. The first kappa shape index (κ1) is 14.1. The third kappa shape index (κ3) is 3.83. The molecule has 0 unspecified atom stereocenters. The van der Waals surface area contributed by atoms with Gasteiger partial charge in [-0.25, -0.2) is 0 Å². The molecule has 2 fully saturated rings. The van der Waals surface area contributed by atoms with E-state index in [4.69, 9.17) is 0 Å². The summed E-state index contributed by atoms with van der Waals surface area (Å²) in [5.74, 6) is 1.70. The van der Waals surface area contributed by atoms with Crippen LogP contribution in [0.2, 0.25) is 0 Å². The third-order valence-corrected chi connectivity index (χ3v) is 5.67. The van der Waals surface area contributed by atoms with E-state index in [1.165, 1.54) is 37.2 Å². The van der Waals surface area contributed by atoms with E-state index in [1.807, 2.05) is 0 Å². The molecule has 4 heteroatoms. The van der Waals surface area contributed by atoms with Gasteiger partial charge >= 0.3 is 0 Å². The Balaban J connectivity index is 1.57. The van der Waals surface area contributed by atoms with Crippen LogP contribution in [0.25, 0.3) is 0 Å². The summed E-state index contributed by atoms with van der Waals surface area (Å²) < 4.78 is 11.4. The molecule has 20 heavy (non-hydrogen) atoms. The Bertz CT molecular complexity index is 461. The first-order chi connectivity index (χ1) is 9.79. The number of benzene rings is 1. The normalized spacial score (nSPS) is 27.6. The van der Waals surface area contributed by atoms with E-state index < -0.39 is 10.8 Å². The van der Waals surface area contributed by atoms with Gasteiger partial charge in [0.15, 0.2) is 0 Å². The molecule has 0 spiro atoms. The van der Waals surface area contributed by atoms with Crippen molar-refractivity contribution in [2.45, 2.75) is 38.3 Å². The molecule has 0 atom stereocenters. The second kappa shape index (κ2) is 6.72. The Hall–Kier alpha value is -0.870. The lowest BCUT2D eigenvalue weighted by Gasteiger charge is -2.24. The van der Waals surface area contributed by atoms with Crippen molar-refractivity contribution in [3.63, 3.8) is 0 Å². The summed E-state index contributed by atoms with van der Waals surface area (Å²) >= 11 is 0. The van der Waals surface area contributed by atoms with Crippen molar-refractivity contribution in [1.29, 1.82) is 0 Å². The molecule has 1 aromatic rings. The molecule has 0 radical (unpaired) electrons. The molecule has 110 valence electrons. The molecule has 0 aliphatic carbocycles. The zero-order chi connectivity index (χ0) is 13.8. The zero-order valence-electron chi connectivity index (χ0n) is 12.0. The number of nitrogens with zero attached hydrogens (tertiary/aromatic N) is 1. The predicted octanol–water partition coefficient (Wildman–Crippen LogP) is 2.61. The van der Waals surface area contributed by atoms with E-state index in [1.54, 1.807) is 0 Å². The van der Waals surface area contributed by atoms with E-state index in [2.05, 4.69) is 34.5 Å². The molecule has 0 bridgehead atoms. The molecule has 0 aromatic heterocycles. The van der Waals surface area contributed by atoms with E-state index >= 15 is 0 Å². The summed E-state index contributed by atoms with van der Waals surface area (Å²) in [6.07, 6.45) is 4.75. The number of anilines is 1. The van der Waals surface area contributed by atoms with Gasteiger partial charge in [-0.15, -0.1) is 0 Å². The van der Waals surface area contributed by atoms with Crippen LogP contribution >= 0.6 is 0 Å². The van der Waals surface area contributed by atoms with Crippen LogP contribution in [0.15, 0.2) is 24.3 Å². The summed E-state index contributed by atoms with van der Waals surface area (Å²) in [4.78, 5) is 2.53. The topological polar surface area (TPSA) is 32.3 Å². The Morgan fingerprint density at radius 3 is 2.70 bits per heavy atom. The molecule has 1 N–H and O–H groups in total. The van der Waals surface area contributed by atoms with Crippen LogP contribution in [0, 0.1) is 0 Å². The van der Waals surface area contributed by atoms with Crippen molar-refractivity contribution in [1.82, 2.24) is 4.90 Å². The van der Waals surface area contributed by atoms with Crippen LogP contribution in [-0.2, 0) is 17.3 Å². The monoisotopic (exact) mass is 292 g/mol. The Morgan fingerprint density at radius 2 is 1.95 bits per heavy atom. The average Bonchev–Trinajstić information content (AvgIpc) is 2.95. The Kier molecular flexibility index (Phi) is 4.73. The fourth-order valence-corrected chi connectivity index (χ4v) is 4.43. The van der Waals surface area contributed by atoms with Crippen molar-refractivity contribution < 1.29 is 4.21 Å². The van der Waals surface area contributed by atoms with E-state index in [-0.39, 0.29) is 0 Å². The van der Waals surface area contributed by atoms with Gasteiger partial charge < -0.3 is 5.32 Å². The predicted molar refractivity (Wildman–Crippen MR) is 85.5 cm³/mol. The smallest absolute Gasteiger partial charge is 0.0345 e. The molecule has 2 aliphatic rings. The maximum Gasteiger partial charge on any atom is 0.0345 e. The summed E-state index contributed by atoms with van der Waals surface area (Å²) in [6.45, 7) is 3.56. The number of nitrogens with one attached hydrogen (secondary N) is 1. The largest absolute Gasteiger partial charge is 0.382 e. The van der Waals surface area contributed by atoms with Gasteiger partial charge in [0.25, 0.3) is 0 Å². The summed E-state index contributed by atoms with van der Waals surface area (Å²) in [5, 5.41) is 3.61. The van der Waals surface area contributed by atoms with E-state index in [0.717, 1.165) is 30.9 Å². The second-order valence-electron chi connectivity index (χ2n) is 5.95. The van der Waals surface area contributed by atoms with Crippen molar-refractivity contribution >= 4 is 16.5 Å². The highest BCUT2D eigenvalue weighted by molar-refractivity contribution is 7.85. The zero-order valence-corrected chi connectivity index (χ0v) is 12.8. The Labute approximate surface area is 124 Å². The highest BCUT2D eigenvalue weighted by Crippen LogP contribution is 2.19. The number of rotatable bonds is 4. The molecule has 3 nitrogen and oxygen atoms in total. The Morgan fingerprint density at radius 1 is 1.20 bits per heavy atom. The lowest BCUT2D eigenvalue weighted by Crippen LogP contribution is -2.29. The number of hydrogen-bond acceptors (Lipinski definition) is 3. The minimum absolute atomic E-state index is 0.495. The molecule has 3 rings (SSSR count). The van der Waals surface area contributed by atoms with Crippen molar-refractivity contribution in [3.05, 3.63) is 29.8 Å². The van der Waals surface area contributed by atoms with Crippen LogP contribution in [0.3, 0.4) is 0 Å². The molecule has 0 amide bonds. The first-order valence-electron chi connectivity index (χ1n) is 7.72. The van der Waals surface area contributed by atoms with Gasteiger partial charge in [0, 0.05) is 40.6 Å². The lowest BCUT2D eigenvalue weighted by molar-refractivity contribution is 0.331. The van der Waals surface area contributed by atoms with Gasteiger partial charge in [-0.3, -0.25) is 9.11 Å². The van der Waals surface area contributed by atoms with Gasteiger partial charge in [-0.05, 0) is 56.5 Å². The maximum atomic E-state index is 11.4. The minimum atomic E-state index is -0.573. The highest BCUT2D eigenvalue weighted by atomic mass is 32.2. The maximum absolute atomic E-state index is 11.4. The van der Waals surface area contributed by atoms with Gasteiger partial charge in [0.05, 0.1) is 0 Å². The standard InChI is InChI=1S/C16H24N2OS/c19-20-10-6-15(7-11-20)17-16-5-3-4-14(12-16)13-18-8-1-2-9-18/h3-5,12,15,17H,1-2,6-11,13H2. The van der Waals surface area contributed by atoms with Crippen LogP contribution in [-0.4, -0.2) is 39.7 Å². The van der Waals surface area contributed by atoms with Crippen LogP contribution in [0.5, 0.6) is 0 Å². The number of likely N-dealkylation sites (tertiary alicyclic amines) is 1. The van der Waals surface area contributed by atoms with E-state index in [9.17, 15) is 4.21 Å². The van der Waals surface area contributed by atoms with Crippen molar-refractivity contribution in [2.24, 2.45) is 0 Å². The van der Waals surface area contributed by atoms with Gasteiger partial charge in [0.2, 0.25) is 0 Å². The average molecular weight is 292 g/mol. The van der Waals surface area contributed by atoms with Crippen molar-refractivity contribution in [3.8, 4) is 0 Å². The quantitative estimate of drug-likeness (QED) is 0.926. The molecule has 2 saturated heterocycles. The van der Waals surface area contributed by atoms with Crippen molar-refractivity contribution in [2.75, 3.05) is 29.9 Å². The third-order valence-electron chi connectivity index (χ3n) is 4.29. The molecular formula is C16H24N2OS. The molecule has 2 heterocycles. The fraction of sp³-hybridized carbons (Fsp3) is 0.625. The highest BCUT2D eigenvalue weighted by Gasteiger charge is 2.17. The summed E-state index contributed by atoms with van der Waals surface area (Å²) in [5.41, 5.74) is 2.62. The SMILES string of the molecule is O=S1CCC(Nc2cccc(CN3CCCC3)c2)CC1. The van der Waals surface area contributed by atoms with Crippen LogP contribution < -0.4 is 5.32 Å². The molecule has 0 saturated carbocycles. The van der Waals surface area contributed by atoms with Crippen LogP contribution in [0.1, 0.15) is 31.2 Å². The van der Waals surface area contributed by atoms with Gasteiger partial charge in [-0.2, -0.15) is 0 Å². The molecule has 1 aromatic carbocycles. The first-order valence-corrected chi connectivity index (χ1v) is 9.21. The van der Waals surface area contributed by atoms with Crippen LogP contribution in [0.4, 0.5) is 5.69 Å². The van der Waals surface area contributed by atoms with Gasteiger partial charge in [0.1, 0.15) is 0 Å². The second-order valence-corrected chi connectivity index (χ2v) is 7.65. The number of hydrogen-bond donors (Lipinski definition) is 1. The molecular weight excluding hydrogens is 268 g/mol. The lowest BCUT2D eigenvalue weighted by atomic mass is 10.1. The molecule has 2 aliphatic heterocycles.